The lowest BCUT2D eigenvalue weighted by molar-refractivity contribution is 0.0147. The van der Waals surface area contributed by atoms with E-state index >= 15 is 0 Å². The van der Waals surface area contributed by atoms with E-state index in [0.29, 0.717) is 5.41 Å². The lowest BCUT2D eigenvalue weighted by Crippen LogP contribution is -2.51. The summed E-state index contributed by atoms with van der Waals surface area (Å²) in [6, 6.07) is 4.18. The van der Waals surface area contributed by atoms with Gasteiger partial charge in [0.25, 0.3) is 0 Å². The Morgan fingerprint density at radius 2 is 1.65 bits per heavy atom. The van der Waals surface area contributed by atoms with E-state index < -0.39 is 0 Å². The van der Waals surface area contributed by atoms with Gasteiger partial charge in [0.1, 0.15) is 0 Å². The molecule has 2 saturated heterocycles. The average molecular weight is 318 g/mol. The summed E-state index contributed by atoms with van der Waals surface area (Å²) < 4.78 is 5.46. The summed E-state index contributed by atoms with van der Waals surface area (Å²) in [5.41, 5.74) is 1.58. The van der Waals surface area contributed by atoms with Crippen molar-refractivity contribution in [2.45, 2.75) is 13.8 Å². The Morgan fingerprint density at radius 3 is 2.26 bits per heavy atom. The van der Waals surface area contributed by atoms with Crippen LogP contribution in [0.4, 0.5) is 5.69 Å². The van der Waals surface area contributed by atoms with E-state index in [1.54, 1.807) is 0 Å². The molecule has 128 valence electrons. The van der Waals surface area contributed by atoms with E-state index in [2.05, 4.69) is 39.6 Å². The summed E-state index contributed by atoms with van der Waals surface area (Å²) in [5.74, 6) is 0. The zero-order chi connectivity index (χ0) is 16.1. The second-order valence-corrected chi connectivity index (χ2v) is 7.53. The molecule has 0 radical (unpaired) electrons. The van der Waals surface area contributed by atoms with Gasteiger partial charge in [-0.2, -0.15) is 0 Å². The third-order valence-corrected chi connectivity index (χ3v) is 4.79. The van der Waals surface area contributed by atoms with Crippen molar-refractivity contribution in [1.29, 1.82) is 0 Å². The summed E-state index contributed by atoms with van der Waals surface area (Å²) in [5, 5.41) is 0. The fourth-order valence-corrected chi connectivity index (χ4v) is 3.72. The van der Waals surface area contributed by atoms with Crippen LogP contribution in [0.3, 0.4) is 0 Å². The zero-order valence-electron chi connectivity index (χ0n) is 14.6. The number of hydrogen-bond acceptors (Lipinski definition) is 5. The van der Waals surface area contributed by atoms with Gasteiger partial charge in [-0.15, -0.1) is 0 Å². The number of pyridine rings is 1. The first-order chi connectivity index (χ1) is 11.1. The standard InChI is InChI=1S/C18H30N4O/c1-18(2,16-21-10-12-23-13-11-21)15-20-6-8-22(9-7-20)17-4-3-5-19-14-17/h3-5,14H,6-13,15-16H2,1-2H3. The molecule has 2 aliphatic rings. The van der Waals surface area contributed by atoms with Gasteiger partial charge in [0.05, 0.1) is 25.1 Å². The maximum atomic E-state index is 5.46. The van der Waals surface area contributed by atoms with Crippen molar-refractivity contribution in [1.82, 2.24) is 14.8 Å². The van der Waals surface area contributed by atoms with Crippen molar-refractivity contribution >= 4 is 5.69 Å². The van der Waals surface area contributed by atoms with E-state index in [-0.39, 0.29) is 0 Å². The molecule has 1 aromatic rings. The van der Waals surface area contributed by atoms with E-state index in [9.17, 15) is 0 Å². The number of morpholine rings is 1. The Morgan fingerprint density at radius 1 is 1.00 bits per heavy atom. The molecule has 0 spiro atoms. The molecular weight excluding hydrogens is 288 g/mol. The van der Waals surface area contributed by atoms with Crippen molar-refractivity contribution < 1.29 is 4.74 Å². The van der Waals surface area contributed by atoms with Crippen LogP contribution < -0.4 is 4.90 Å². The molecule has 3 heterocycles. The Balaban J connectivity index is 1.46. The highest BCUT2D eigenvalue weighted by Gasteiger charge is 2.27. The minimum Gasteiger partial charge on any atom is -0.379 e. The molecule has 0 amide bonds. The Kier molecular flexibility index (Phi) is 5.51. The minimum absolute atomic E-state index is 0.327. The SMILES string of the molecule is CC(C)(CN1CCOCC1)CN1CCN(c2cccnc2)CC1. The predicted molar refractivity (Wildman–Crippen MR) is 93.9 cm³/mol. The van der Waals surface area contributed by atoms with Crippen LogP contribution in [0.2, 0.25) is 0 Å². The third-order valence-electron chi connectivity index (χ3n) is 4.79. The van der Waals surface area contributed by atoms with Crippen LogP contribution >= 0.6 is 0 Å². The van der Waals surface area contributed by atoms with Gasteiger partial charge in [0.15, 0.2) is 0 Å². The van der Waals surface area contributed by atoms with Crippen LogP contribution in [0.25, 0.3) is 0 Å². The fourth-order valence-electron chi connectivity index (χ4n) is 3.72. The number of piperazine rings is 1. The molecule has 5 nitrogen and oxygen atoms in total. The van der Waals surface area contributed by atoms with Gasteiger partial charge < -0.3 is 9.64 Å². The quantitative estimate of drug-likeness (QED) is 0.823. The number of ether oxygens (including phenoxy) is 1. The lowest BCUT2D eigenvalue weighted by Gasteiger charge is -2.41. The molecule has 0 unspecified atom stereocenters. The summed E-state index contributed by atoms with van der Waals surface area (Å²) in [7, 11) is 0. The maximum absolute atomic E-state index is 5.46. The van der Waals surface area contributed by atoms with E-state index in [1.165, 1.54) is 18.8 Å². The smallest absolute Gasteiger partial charge is 0.0594 e. The number of aromatic nitrogens is 1. The summed E-state index contributed by atoms with van der Waals surface area (Å²) in [6.45, 7) is 15.5. The van der Waals surface area contributed by atoms with Crippen LogP contribution in [0.1, 0.15) is 13.8 Å². The average Bonchev–Trinajstić information content (AvgIpc) is 2.56. The molecule has 5 heteroatoms. The van der Waals surface area contributed by atoms with Crippen molar-refractivity contribution in [2.24, 2.45) is 5.41 Å². The second-order valence-electron chi connectivity index (χ2n) is 7.53. The highest BCUT2D eigenvalue weighted by Crippen LogP contribution is 2.22. The molecule has 0 N–H and O–H groups in total. The number of nitrogens with zero attached hydrogens (tertiary/aromatic N) is 4. The molecule has 0 bridgehead atoms. The van der Waals surface area contributed by atoms with Gasteiger partial charge in [-0.05, 0) is 17.5 Å². The number of hydrogen-bond donors (Lipinski definition) is 0. The monoisotopic (exact) mass is 318 g/mol. The van der Waals surface area contributed by atoms with Crippen LogP contribution in [0.15, 0.2) is 24.5 Å². The van der Waals surface area contributed by atoms with Crippen LogP contribution in [-0.2, 0) is 4.74 Å². The first kappa shape index (κ1) is 16.7. The van der Waals surface area contributed by atoms with Gasteiger partial charge >= 0.3 is 0 Å². The third kappa shape index (κ3) is 4.90. The number of anilines is 1. The summed E-state index contributed by atoms with van der Waals surface area (Å²) >= 11 is 0. The normalized spacial score (nSPS) is 21.6. The molecule has 0 aromatic carbocycles. The summed E-state index contributed by atoms with van der Waals surface area (Å²) in [4.78, 5) is 11.8. The summed E-state index contributed by atoms with van der Waals surface area (Å²) in [6.07, 6.45) is 3.81. The molecule has 0 atom stereocenters. The highest BCUT2D eigenvalue weighted by atomic mass is 16.5. The topological polar surface area (TPSA) is 31.8 Å². The van der Waals surface area contributed by atoms with E-state index in [0.717, 1.165) is 52.5 Å². The molecule has 1 aromatic heterocycles. The molecule has 0 aliphatic carbocycles. The highest BCUT2D eigenvalue weighted by molar-refractivity contribution is 5.44. The maximum Gasteiger partial charge on any atom is 0.0594 e. The van der Waals surface area contributed by atoms with Crippen molar-refractivity contribution in [3.63, 3.8) is 0 Å². The number of rotatable bonds is 5. The van der Waals surface area contributed by atoms with Gasteiger partial charge in [-0.1, -0.05) is 13.8 Å². The largest absolute Gasteiger partial charge is 0.379 e. The van der Waals surface area contributed by atoms with Gasteiger partial charge in [-0.25, -0.2) is 0 Å². The lowest BCUT2D eigenvalue weighted by atomic mass is 9.91. The van der Waals surface area contributed by atoms with E-state index in [1.807, 2.05) is 18.5 Å². The van der Waals surface area contributed by atoms with Crippen molar-refractivity contribution in [3.8, 4) is 0 Å². The van der Waals surface area contributed by atoms with Gasteiger partial charge in [-0.3, -0.25) is 14.8 Å². The molecule has 2 aliphatic heterocycles. The molecule has 0 saturated carbocycles. The first-order valence-corrected chi connectivity index (χ1v) is 8.80. The molecule has 3 rings (SSSR count). The van der Waals surface area contributed by atoms with Crippen LogP contribution in [0.5, 0.6) is 0 Å². The van der Waals surface area contributed by atoms with Crippen molar-refractivity contribution in [2.75, 3.05) is 70.5 Å². The predicted octanol–water partition coefficient (Wildman–Crippen LogP) is 1.56. The van der Waals surface area contributed by atoms with Crippen LogP contribution in [-0.4, -0.2) is 80.4 Å². The Bertz CT molecular complexity index is 465. The molecular formula is C18H30N4O. The molecule has 23 heavy (non-hydrogen) atoms. The van der Waals surface area contributed by atoms with Crippen LogP contribution in [0, 0.1) is 5.41 Å². The van der Waals surface area contributed by atoms with Gasteiger partial charge in [0, 0.05) is 58.6 Å². The minimum atomic E-state index is 0.327. The second kappa shape index (κ2) is 7.60. The zero-order valence-corrected chi connectivity index (χ0v) is 14.6. The van der Waals surface area contributed by atoms with E-state index in [4.69, 9.17) is 4.74 Å². The fraction of sp³-hybridized carbons (Fsp3) is 0.722. The first-order valence-electron chi connectivity index (χ1n) is 8.80. The Labute approximate surface area is 140 Å². The molecule has 2 fully saturated rings. The van der Waals surface area contributed by atoms with Gasteiger partial charge in [0.2, 0.25) is 0 Å². The van der Waals surface area contributed by atoms with Crippen molar-refractivity contribution in [3.05, 3.63) is 24.5 Å². The Hall–Kier alpha value is -1.17.